The van der Waals surface area contributed by atoms with E-state index in [1.807, 2.05) is 0 Å². The number of piperidine rings is 2. The number of nitrogens with zero attached hydrogens (tertiary/aromatic N) is 5. The Morgan fingerprint density at radius 1 is 1.26 bits per heavy atom. The molecule has 1 N–H and O–H groups in total. The van der Waals surface area contributed by atoms with Crippen LogP contribution < -0.4 is 10.2 Å². The highest BCUT2D eigenvalue weighted by atomic mass is 15.3. The first-order valence-electron chi connectivity index (χ1n) is 10.9. The lowest BCUT2D eigenvalue weighted by Crippen LogP contribution is -2.52. The average molecular weight is 371 g/mol. The highest BCUT2D eigenvalue weighted by Gasteiger charge is 2.33. The fourth-order valence-electron chi connectivity index (χ4n) is 4.73. The van der Waals surface area contributed by atoms with E-state index in [9.17, 15) is 0 Å². The van der Waals surface area contributed by atoms with Crippen molar-refractivity contribution in [3.8, 4) is 0 Å². The molecule has 0 spiro atoms. The van der Waals surface area contributed by atoms with Gasteiger partial charge < -0.3 is 10.2 Å². The molecule has 2 aromatic rings. The number of unbranched alkanes of at least 4 members (excludes halogenated alkanes) is 1. The summed E-state index contributed by atoms with van der Waals surface area (Å²) < 4.78 is 2.12. The predicted octanol–water partition coefficient (Wildman–Crippen LogP) is 3.40. The van der Waals surface area contributed by atoms with Gasteiger partial charge in [-0.1, -0.05) is 27.2 Å². The molecule has 0 saturated carbocycles. The minimum absolute atomic E-state index is 0.573. The smallest absolute Gasteiger partial charge is 0.163 e. The van der Waals surface area contributed by atoms with Crippen LogP contribution in [0.4, 0.5) is 5.82 Å². The van der Waals surface area contributed by atoms with Gasteiger partial charge in [-0.3, -0.25) is 0 Å². The third-order valence-electron chi connectivity index (χ3n) is 6.10. The largest absolute Gasteiger partial charge is 0.356 e. The van der Waals surface area contributed by atoms with Crippen LogP contribution in [0.3, 0.4) is 0 Å². The van der Waals surface area contributed by atoms with Gasteiger partial charge in [0.25, 0.3) is 0 Å². The second kappa shape index (κ2) is 8.13. The van der Waals surface area contributed by atoms with E-state index in [1.54, 1.807) is 6.33 Å². The predicted molar refractivity (Wildman–Crippen MR) is 110 cm³/mol. The van der Waals surface area contributed by atoms with Crippen molar-refractivity contribution in [2.45, 2.75) is 71.9 Å². The summed E-state index contributed by atoms with van der Waals surface area (Å²) in [5, 5.41) is 9.90. The van der Waals surface area contributed by atoms with E-state index in [1.165, 1.54) is 43.3 Å². The molecule has 0 aromatic carbocycles. The summed E-state index contributed by atoms with van der Waals surface area (Å²) in [6, 6.07) is 0.690. The van der Waals surface area contributed by atoms with Crippen LogP contribution >= 0.6 is 0 Å². The number of aromatic nitrogens is 4. The summed E-state index contributed by atoms with van der Waals surface area (Å²) in [7, 11) is 0. The van der Waals surface area contributed by atoms with E-state index in [2.05, 4.69) is 40.7 Å². The number of hydrogen-bond donors (Lipinski definition) is 1. The van der Waals surface area contributed by atoms with Crippen molar-refractivity contribution in [1.82, 2.24) is 25.1 Å². The standard InChI is InChI=1S/C21H34N6/c1-4-5-10-27-21-19(18(25-27)12-15(2)3)20(23-14-24-21)26-11-8-17-16(13-26)7-6-9-22-17/h14-17,22H,4-13H2,1-3H3/t16-,17+/m1/s1. The molecule has 0 amide bonds. The topological polar surface area (TPSA) is 58.9 Å². The van der Waals surface area contributed by atoms with Crippen LogP contribution in [0.2, 0.25) is 0 Å². The number of anilines is 1. The molecule has 0 bridgehead atoms. The van der Waals surface area contributed by atoms with E-state index in [4.69, 9.17) is 10.1 Å². The van der Waals surface area contributed by atoms with Crippen LogP contribution in [0, 0.1) is 11.8 Å². The maximum absolute atomic E-state index is 4.98. The Balaban J connectivity index is 1.70. The third-order valence-corrected chi connectivity index (χ3v) is 6.10. The van der Waals surface area contributed by atoms with Gasteiger partial charge in [-0.2, -0.15) is 5.10 Å². The van der Waals surface area contributed by atoms with Crippen molar-refractivity contribution in [3.05, 3.63) is 12.0 Å². The molecule has 148 valence electrons. The van der Waals surface area contributed by atoms with Crippen LogP contribution in [0.25, 0.3) is 11.0 Å². The summed E-state index contributed by atoms with van der Waals surface area (Å²) in [6.07, 6.45) is 8.86. The molecular formula is C21H34N6. The van der Waals surface area contributed by atoms with Gasteiger partial charge in [0.2, 0.25) is 0 Å². The number of hydrogen-bond acceptors (Lipinski definition) is 5. The van der Waals surface area contributed by atoms with Gasteiger partial charge in [-0.05, 0) is 50.5 Å². The minimum Gasteiger partial charge on any atom is -0.356 e. The summed E-state index contributed by atoms with van der Waals surface area (Å²) in [6.45, 7) is 11.0. The van der Waals surface area contributed by atoms with E-state index in [-0.39, 0.29) is 0 Å². The SMILES string of the molecule is CCCCn1nc(CC(C)C)c2c(N3CC[C@@H]4NCCC[C@@H]4C3)ncnc21. The quantitative estimate of drug-likeness (QED) is 0.844. The first-order valence-corrected chi connectivity index (χ1v) is 10.9. The van der Waals surface area contributed by atoms with Crippen LogP contribution in [0.1, 0.15) is 58.6 Å². The number of aryl methyl sites for hydroxylation is 1. The molecule has 2 aliphatic rings. The molecule has 2 fully saturated rings. The third kappa shape index (κ3) is 3.82. The van der Waals surface area contributed by atoms with Gasteiger partial charge in [0.15, 0.2) is 5.65 Å². The van der Waals surface area contributed by atoms with Crippen molar-refractivity contribution in [3.63, 3.8) is 0 Å². The molecule has 2 aliphatic heterocycles. The Kier molecular flexibility index (Phi) is 5.62. The molecule has 2 saturated heterocycles. The number of rotatable bonds is 6. The maximum atomic E-state index is 4.98. The van der Waals surface area contributed by atoms with Gasteiger partial charge in [0, 0.05) is 25.7 Å². The minimum atomic E-state index is 0.573. The Labute approximate surface area is 162 Å². The van der Waals surface area contributed by atoms with Crippen molar-refractivity contribution in [1.29, 1.82) is 0 Å². The molecule has 6 heteroatoms. The first-order chi connectivity index (χ1) is 13.2. The fraction of sp³-hybridized carbons (Fsp3) is 0.762. The molecule has 2 aromatic heterocycles. The maximum Gasteiger partial charge on any atom is 0.163 e. The number of nitrogens with one attached hydrogen (secondary N) is 1. The molecule has 0 aliphatic carbocycles. The fourth-order valence-corrected chi connectivity index (χ4v) is 4.73. The zero-order chi connectivity index (χ0) is 18.8. The lowest BCUT2D eigenvalue weighted by molar-refractivity contribution is 0.244. The van der Waals surface area contributed by atoms with Gasteiger partial charge in [0.1, 0.15) is 12.1 Å². The lowest BCUT2D eigenvalue weighted by Gasteiger charge is -2.42. The Bertz CT molecular complexity index is 767. The van der Waals surface area contributed by atoms with Crippen LogP contribution in [0.5, 0.6) is 0 Å². The second-order valence-electron chi connectivity index (χ2n) is 8.71. The van der Waals surface area contributed by atoms with E-state index >= 15 is 0 Å². The number of fused-ring (bicyclic) bond motifs is 2. The van der Waals surface area contributed by atoms with Gasteiger partial charge in [0.05, 0.1) is 11.1 Å². The van der Waals surface area contributed by atoms with Crippen molar-refractivity contribution in [2.24, 2.45) is 11.8 Å². The average Bonchev–Trinajstić information content (AvgIpc) is 3.03. The molecule has 27 heavy (non-hydrogen) atoms. The van der Waals surface area contributed by atoms with Gasteiger partial charge in [-0.25, -0.2) is 14.6 Å². The highest BCUT2D eigenvalue weighted by Crippen LogP contribution is 2.33. The highest BCUT2D eigenvalue weighted by molar-refractivity contribution is 5.90. The molecule has 6 nitrogen and oxygen atoms in total. The summed E-state index contributed by atoms with van der Waals surface area (Å²) >= 11 is 0. The lowest BCUT2D eigenvalue weighted by atomic mass is 9.85. The Hall–Kier alpha value is -1.69. The summed E-state index contributed by atoms with van der Waals surface area (Å²) in [5.41, 5.74) is 2.20. The molecular weight excluding hydrogens is 336 g/mol. The second-order valence-corrected chi connectivity index (χ2v) is 8.71. The Morgan fingerprint density at radius 3 is 2.96 bits per heavy atom. The zero-order valence-electron chi connectivity index (χ0n) is 17.1. The summed E-state index contributed by atoms with van der Waals surface area (Å²) in [5.74, 6) is 2.42. The van der Waals surface area contributed by atoms with Crippen LogP contribution in [-0.4, -0.2) is 45.4 Å². The van der Waals surface area contributed by atoms with Crippen LogP contribution in [0.15, 0.2) is 6.33 Å². The Morgan fingerprint density at radius 2 is 2.15 bits per heavy atom. The molecule has 4 rings (SSSR count). The van der Waals surface area contributed by atoms with E-state index in [0.717, 1.165) is 49.9 Å². The van der Waals surface area contributed by atoms with Crippen molar-refractivity contribution >= 4 is 16.9 Å². The molecule has 4 heterocycles. The molecule has 0 unspecified atom stereocenters. The molecule has 0 radical (unpaired) electrons. The molecule has 2 atom stereocenters. The van der Waals surface area contributed by atoms with E-state index in [0.29, 0.717) is 12.0 Å². The van der Waals surface area contributed by atoms with Crippen LogP contribution in [-0.2, 0) is 13.0 Å². The normalized spacial score (nSPS) is 23.2. The zero-order valence-corrected chi connectivity index (χ0v) is 17.1. The summed E-state index contributed by atoms with van der Waals surface area (Å²) in [4.78, 5) is 11.9. The van der Waals surface area contributed by atoms with Crippen molar-refractivity contribution < 1.29 is 0 Å². The first kappa shape index (κ1) is 18.7. The van der Waals surface area contributed by atoms with Gasteiger partial charge >= 0.3 is 0 Å². The van der Waals surface area contributed by atoms with E-state index < -0.39 is 0 Å². The van der Waals surface area contributed by atoms with Crippen molar-refractivity contribution in [2.75, 3.05) is 24.5 Å². The van der Waals surface area contributed by atoms with Gasteiger partial charge in [-0.15, -0.1) is 0 Å². The monoisotopic (exact) mass is 370 g/mol.